The molecule has 1 aromatic carbocycles. The van der Waals surface area contributed by atoms with Gasteiger partial charge in [-0.2, -0.15) is 0 Å². The van der Waals surface area contributed by atoms with Gasteiger partial charge in [-0.25, -0.2) is 4.79 Å². The van der Waals surface area contributed by atoms with E-state index >= 15 is 0 Å². The lowest BCUT2D eigenvalue weighted by molar-refractivity contribution is -0.138. The van der Waals surface area contributed by atoms with Gasteiger partial charge in [-0.3, -0.25) is 24.0 Å². The smallest absolute Gasteiger partial charge is 0.328 e. The van der Waals surface area contributed by atoms with Gasteiger partial charge in [0.1, 0.15) is 12.1 Å². The van der Waals surface area contributed by atoms with Gasteiger partial charge in [0.05, 0.1) is 6.54 Å². The van der Waals surface area contributed by atoms with Crippen LogP contribution in [0.1, 0.15) is 49.0 Å². The minimum Gasteiger partial charge on any atom is -0.481 e. The summed E-state index contributed by atoms with van der Waals surface area (Å²) in [5.74, 6) is -5.11. The molecule has 1 aromatic rings. The lowest BCUT2D eigenvalue weighted by Gasteiger charge is -2.22. The van der Waals surface area contributed by atoms with Crippen molar-refractivity contribution in [2.24, 2.45) is 11.7 Å². The number of amides is 4. The largest absolute Gasteiger partial charge is 0.481 e. The molecule has 1 rings (SSSR count). The van der Waals surface area contributed by atoms with Gasteiger partial charge in [0.2, 0.25) is 17.7 Å². The summed E-state index contributed by atoms with van der Waals surface area (Å²) >= 11 is 0. The number of nitrogens with two attached hydrogens (primary N) is 1. The molecule has 0 aliphatic heterocycles. The van der Waals surface area contributed by atoms with Crippen molar-refractivity contribution in [3.05, 3.63) is 41.5 Å². The maximum absolute atomic E-state index is 12.6. The molecule has 7 N–H and O–H groups in total. The zero-order valence-corrected chi connectivity index (χ0v) is 19.4. The molecule has 0 bridgehead atoms. The number of aliphatic carboxylic acids is 2. The molecule has 0 saturated carbocycles. The Morgan fingerprint density at radius 2 is 1.60 bits per heavy atom. The molecule has 4 amide bonds. The van der Waals surface area contributed by atoms with Crippen LogP contribution in [0.3, 0.4) is 0 Å². The molecule has 0 aliphatic rings. The van der Waals surface area contributed by atoms with E-state index in [0.29, 0.717) is 5.56 Å². The van der Waals surface area contributed by atoms with Crippen molar-refractivity contribution in [2.75, 3.05) is 6.54 Å². The van der Waals surface area contributed by atoms with Gasteiger partial charge in [0, 0.05) is 18.1 Å². The number of hydrogen-bond acceptors (Lipinski definition) is 6. The van der Waals surface area contributed by atoms with Crippen molar-refractivity contribution in [2.45, 2.75) is 45.2 Å². The van der Waals surface area contributed by atoms with Crippen molar-refractivity contribution < 1.29 is 39.0 Å². The van der Waals surface area contributed by atoms with Crippen molar-refractivity contribution in [1.29, 1.82) is 0 Å². The number of carbonyl (C=O) groups is 6. The Hall–Kier alpha value is -4.22. The Morgan fingerprint density at radius 1 is 0.971 bits per heavy atom. The summed E-state index contributed by atoms with van der Waals surface area (Å²) < 4.78 is 0. The van der Waals surface area contributed by atoms with Gasteiger partial charge in [-0.15, -0.1) is 0 Å². The zero-order valence-electron chi connectivity index (χ0n) is 19.4. The van der Waals surface area contributed by atoms with Gasteiger partial charge in [0.15, 0.2) is 0 Å². The van der Waals surface area contributed by atoms with E-state index in [2.05, 4.69) is 16.0 Å². The van der Waals surface area contributed by atoms with E-state index in [0.717, 1.165) is 6.08 Å². The van der Waals surface area contributed by atoms with Crippen LogP contribution in [-0.4, -0.2) is 64.4 Å². The molecule has 0 heterocycles. The van der Waals surface area contributed by atoms with E-state index in [1.54, 1.807) is 0 Å². The molecule has 0 unspecified atom stereocenters. The van der Waals surface area contributed by atoms with Gasteiger partial charge >= 0.3 is 11.9 Å². The van der Waals surface area contributed by atoms with Crippen LogP contribution in [-0.2, 0) is 24.0 Å². The molecule has 0 aliphatic carbocycles. The summed E-state index contributed by atoms with van der Waals surface area (Å²) in [7, 11) is 0. The van der Waals surface area contributed by atoms with Crippen molar-refractivity contribution in [1.82, 2.24) is 16.0 Å². The van der Waals surface area contributed by atoms with Gasteiger partial charge in [-0.05, 0) is 42.5 Å². The van der Waals surface area contributed by atoms with E-state index in [1.807, 2.05) is 13.8 Å². The highest BCUT2D eigenvalue weighted by atomic mass is 16.4. The van der Waals surface area contributed by atoms with E-state index < -0.39 is 60.6 Å². The van der Waals surface area contributed by atoms with Gasteiger partial charge < -0.3 is 31.9 Å². The number of carbonyl (C=O) groups excluding carboxylic acids is 4. The molecular formula is C23H30N4O8. The summed E-state index contributed by atoms with van der Waals surface area (Å²) in [5.41, 5.74) is 6.09. The summed E-state index contributed by atoms with van der Waals surface area (Å²) in [6.45, 7) is 3.16. The highest BCUT2D eigenvalue weighted by molar-refractivity contribution is 5.97. The Kier molecular flexibility index (Phi) is 11.6. The third-order valence-electron chi connectivity index (χ3n) is 4.67. The summed E-state index contributed by atoms with van der Waals surface area (Å²) in [6, 6.07) is 3.68. The molecule has 35 heavy (non-hydrogen) atoms. The monoisotopic (exact) mass is 490 g/mol. The minimum atomic E-state index is -1.26. The predicted octanol–water partition coefficient (Wildman–Crippen LogP) is -0.120. The quantitative estimate of drug-likeness (QED) is 0.193. The second-order valence-electron chi connectivity index (χ2n) is 8.12. The second kappa shape index (κ2) is 14.1. The van der Waals surface area contributed by atoms with Gasteiger partial charge in [0.25, 0.3) is 5.91 Å². The number of primary amides is 1. The molecule has 0 radical (unpaired) electrons. The standard InChI is InChI=1S/C23H30N4O8/c1-13(2)11-17(21(24)33)27-23(35)16(8-10-20(31)32)26-18(28)12-25-22(34)15-6-3-14(4-7-15)5-9-19(29)30/h3-7,9,13,16-17H,8,10-12H2,1-2H3,(H2,24,33)(H,25,34)(H,26,28)(H,27,35)(H,29,30)(H,31,32)/t16-,17-/m0/s1. The van der Waals surface area contributed by atoms with Crippen LogP contribution in [0.15, 0.2) is 30.3 Å². The average Bonchev–Trinajstić information content (AvgIpc) is 2.78. The van der Waals surface area contributed by atoms with E-state index in [-0.39, 0.29) is 24.3 Å². The first-order valence-corrected chi connectivity index (χ1v) is 10.8. The SMILES string of the molecule is CC(C)C[C@H](NC(=O)[C@H](CCC(=O)O)NC(=O)CNC(=O)c1ccc(C=CC(=O)O)cc1)C(N)=O. The third kappa shape index (κ3) is 11.5. The maximum atomic E-state index is 12.6. The molecule has 0 spiro atoms. The van der Waals surface area contributed by atoms with Crippen molar-refractivity contribution in [3.8, 4) is 0 Å². The topological polar surface area (TPSA) is 205 Å². The summed E-state index contributed by atoms with van der Waals surface area (Å²) in [5, 5.41) is 24.8. The van der Waals surface area contributed by atoms with Crippen LogP contribution < -0.4 is 21.7 Å². The third-order valence-corrected chi connectivity index (χ3v) is 4.67. The summed E-state index contributed by atoms with van der Waals surface area (Å²) in [4.78, 5) is 70.4. The number of nitrogens with one attached hydrogen (secondary N) is 3. The molecule has 0 fully saturated rings. The highest BCUT2D eigenvalue weighted by Gasteiger charge is 2.26. The lowest BCUT2D eigenvalue weighted by Crippen LogP contribution is -2.54. The first-order valence-electron chi connectivity index (χ1n) is 10.8. The molecule has 0 saturated heterocycles. The van der Waals surface area contributed by atoms with Gasteiger partial charge in [-0.1, -0.05) is 26.0 Å². The van der Waals surface area contributed by atoms with Crippen LogP contribution in [0.4, 0.5) is 0 Å². The molecule has 190 valence electrons. The Labute approximate surface area is 201 Å². The molecule has 2 atom stereocenters. The fourth-order valence-corrected chi connectivity index (χ4v) is 2.95. The number of carboxylic acids is 2. The fourth-order valence-electron chi connectivity index (χ4n) is 2.95. The lowest BCUT2D eigenvalue weighted by atomic mass is 10.0. The number of benzene rings is 1. The Morgan fingerprint density at radius 3 is 2.11 bits per heavy atom. The average molecular weight is 491 g/mol. The predicted molar refractivity (Wildman–Crippen MR) is 125 cm³/mol. The first-order chi connectivity index (χ1) is 16.4. The van der Waals surface area contributed by atoms with Crippen LogP contribution in [0.5, 0.6) is 0 Å². The van der Waals surface area contributed by atoms with Crippen LogP contribution in [0.2, 0.25) is 0 Å². The Bertz CT molecular complexity index is 972. The fraction of sp³-hybridized carbons (Fsp3) is 0.391. The van der Waals surface area contributed by atoms with Crippen LogP contribution >= 0.6 is 0 Å². The zero-order chi connectivity index (χ0) is 26.5. The molecular weight excluding hydrogens is 460 g/mol. The molecule has 0 aromatic heterocycles. The Balaban J connectivity index is 2.75. The number of carboxylic acid groups (broad SMARTS) is 2. The van der Waals surface area contributed by atoms with E-state index in [9.17, 15) is 28.8 Å². The first kappa shape index (κ1) is 28.8. The second-order valence-corrected chi connectivity index (χ2v) is 8.12. The maximum Gasteiger partial charge on any atom is 0.328 e. The molecule has 12 heteroatoms. The summed E-state index contributed by atoms with van der Waals surface area (Å²) in [6.07, 6.45) is 1.91. The number of hydrogen-bond donors (Lipinski definition) is 6. The molecule has 12 nitrogen and oxygen atoms in total. The van der Waals surface area contributed by atoms with Crippen LogP contribution in [0.25, 0.3) is 6.08 Å². The highest BCUT2D eigenvalue weighted by Crippen LogP contribution is 2.07. The van der Waals surface area contributed by atoms with Crippen LogP contribution in [0, 0.1) is 5.92 Å². The normalized spacial score (nSPS) is 12.5. The number of rotatable bonds is 14. The van der Waals surface area contributed by atoms with Crippen molar-refractivity contribution in [3.63, 3.8) is 0 Å². The van der Waals surface area contributed by atoms with Crippen molar-refractivity contribution >= 4 is 41.6 Å². The minimum absolute atomic E-state index is 0.0392. The van der Waals surface area contributed by atoms with E-state index in [4.69, 9.17) is 15.9 Å². The van der Waals surface area contributed by atoms with E-state index in [1.165, 1.54) is 30.3 Å².